The fourth-order valence-electron chi connectivity index (χ4n) is 4.10. The van der Waals surface area contributed by atoms with Crippen molar-refractivity contribution in [2.45, 2.75) is 46.6 Å². The van der Waals surface area contributed by atoms with Crippen molar-refractivity contribution in [1.82, 2.24) is 5.32 Å². The van der Waals surface area contributed by atoms with Crippen molar-refractivity contribution in [1.29, 1.82) is 0 Å². The molecule has 0 saturated heterocycles. The summed E-state index contributed by atoms with van der Waals surface area (Å²) in [5, 5.41) is 5.15. The summed E-state index contributed by atoms with van der Waals surface area (Å²) in [6, 6.07) is 6.23. The van der Waals surface area contributed by atoms with Gasteiger partial charge >= 0.3 is 0 Å². The standard InChI is InChI=1S/C23H31NO3S/c1-15-12-22(27-10-9-26-4)17(3)21-13-18(7-8-20(15)21)16(2)23(25)24-14-19-6-5-11-28-19/h5-6,11-12,16,18H,7-10,13-14H2,1-4H3,(H,24,25)/t16?,18-/m1/s1. The number of amides is 1. The molecule has 0 fully saturated rings. The molecule has 1 heterocycles. The van der Waals surface area contributed by atoms with Crippen LogP contribution in [0.3, 0.4) is 0 Å². The van der Waals surface area contributed by atoms with Crippen LogP contribution in [0, 0.1) is 25.7 Å². The molecule has 1 N–H and O–H groups in total. The zero-order valence-electron chi connectivity index (χ0n) is 17.3. The van der Waals surface area contributed by atoms with E-state index in [4.69, 9.17) is 9.47 Å². The fraction of sp³-hybridized carbons (Fsp3) is 0.522. The lowest BCUT2D eigenvalue weighted by molar-refractivity contribution is -0.126. The summed E-state index contributed by atoms with van der Waals surface area (Å²) >= 11 is 1.68. The molecule has 1 aromatic carbocycles. The number of ether oxygens (including phenoxy) is 2. The average Bonchev–Trinajstić information content (AvgIpc) is 3.22. The fourth-order valence-corrected chi connectivity index (χ4v) is 4.74. The monoisotopic (exact) mass is 401 g/mol. The third kappa shape index (κ3) is 4.76. The van der Waals surface area contributed by atoms with E-state index in [0.29, 0.717) is 25.7 Å². The van der Waals surface area contributed by atoms with E-state index in [2.05, 4.69) is 38.2 Å². The summed E-state index contributed by atoms with van der Waals surface area (Å²) in [4.78, 5) is 13.9. The molecular weight excluding hydrogens is 370 g/mol. The zero-order chi connectivity index (χ0) is 20.1. The normalized spacial score (nSPS) is 17.1. The molecule has 152 valence electrons. The third-order valence-electron chi connectivity index (χ3n) is 5.92. The molecule has 0 saturated carbocycles. The van der Waals surface area contributed by atoms with E-state index < -0.39 is 0 Å². The Bertz CT molecular complexity index is 801. The van der Waals surface area contributed by atoms with E-state index in [1.807, 2.05) is 11.4 Å². The highest BCUT2D eigenvalue weighted by atomic mass is 32.1. The first kappa shape index (κ1) is 20.9. The Labute approximate surface area is 172 Å². The number of thiophene rings is 1. The highest BCUT2D eigenvalue weighted by Gasteiger charge is 2.30. The van der Waals surface area contributed by atoms with Gasteiger partial charge in [0.1, 0.15) is 12.4 Å². The number of fused-ring (bicyclic) bond motifs is 1. The molecule has 0 bridgehead atoms. The lowest BCUT2D eigenvalue weighted by Gasteiger charge is -2.31. The van der Waals surface area contributed by atoms with Crippen LogP contribution in [0.15, 0.2) is 23.6 Å². The van der Waals surface area contributed by atoms with Crippen LogP contribution >= 0.6 is 11.3 Å². The van der Waals surface area contributed by atoms with Gasteiger partial charge in [-0.15, -0.1) is 11.3 Å². The Kier molecular flexibility index (Phi) is 7.13. The number of hydrogen-bond acceptors (Lipinski definition) is 4. The minimum absolute atomic E-state index is 0.00545. The van der Waals surface area contributed by atoms with Gasteiger partial charge in [-0.05, 0) is 78.8 Å². The van der Waals surface area contributed by atoms with Gasteiger partial charge in [-0.3, -0.25) is 4.79 Å². The number of carbonyl (C=O) groups is 1. The molecule has 1 aliphatic rings. The molecule has 4 nitrogen and oxygen atoms in total. The number of benzene rings is 1. The van der Waals surface area contributed by atoms with E-state index >= 15 is 0 Å². The molecule has 1 aliphatic carbocycles. The number of carbonyl (C=O) groups excluding carboxylic acids is 1. The largest absolute Gasteiger partial charge is 0.491 e. The van der Waals surface area contributed by atoms with Crippen LogP contribution in [-0.4, -0.2) is 26.2 Å². The first-order valence-corrected chi connectivity index (χ1v) is 10.9. The molecule has 28 heavy (non-hydrogen) atoms. The Morgan fingerprint density at radius 2 is 2.14 bits per heavy atom. The molecule has 1 amide bonds. The summed E-state index contributed by atoms with van der Waals surface area (Å²) < 4.78 is 11.0. The molecule has 5 heteroatoms. The number of hydrogen-bond donors (Lipinski definition) is 1. The molecule has 2 atom stereocenters. The summed E-state index contributed by atoms with van der Waals surface area (Å²) in [5.74, 6) is 1.47. The van der Waals surface area contributed by atoms with Gasteiger partial charge in [0.15, 0.2) is 0 Å². The van der Waals surface area contributed by atoms with Gasteiger partial charge in [0.05, 0.1) is 13.2 Å². The Hall–Kier alpha value is -1.85. The molecule has 3 rings (SSSR count). The maximum absolute atomic E-state index is 12.7. The van der Waals surface area contributed by atoms with Crippen LogP contribution in [-0.2, 0) is 28.9 Å². The minimum atomic E-state index is 0.00545. The van der Waals surface area contributed by atoms with E-state index in [0.717, 1.165) is 25.0 Å². The summed E-state index contributed by atoms with van der Waals surface area (Å²) in [6.45, 7) is 8.14. The third-order valence-corrected chi connectivity index (χ3v) is 6.80. The van der Waals surface area contributed by atoms with Crippen molar-refractivity contribution in [3.05, 3.63) is 50.7 Å². The second kappa shape index (κ2) is 9.57. The molecule has 0 radical (unpaired) electrons. The molecule has 2 aromatic rings. The Balaban J connectivity index is 1.68. The van der Waals surface area contributed by atoms with Gasteiger partial charge in [-0.1, -0.05) is 13.0 Å². The Morgan fingerprint density at radius 3 is 2.86 bits per heavy atom. The number of rotatable bonds is 8. The van der Waals surface area contributed by atoms with Crippen molar-refractivity contribution in [2.24, 2.45) is 11.8 Å². The highest BCUT2D eigenvalue weighted by molar-refractivity contribution is 7.09. The summed E-state index contributed by atoms with van der Waals surface area (Å²) in [7, 11) is 1.68. The van der Waals surface area contributed by atoms with Crippen LogP contribution in [0.1, 0.15) is 40.5 Å². The van der Waals surface area contributed by atoms with E-state index in [9.17, 15) is 4.79 Å². The second-order valence-electron chi connectivity index (χ2n) is 7.70. The van der Waals surface area contributed by atoms with Crippen LogP contribution in [0.25, 0.3) is 0 Å². The topological polar surface area (TPSA) is 47.6 Å². The molecule has 0 aliphatic heterocycles. The quantitative estimate of drug-likeness (QED) is 0.665. The van der Waals surface area contributed by atoms with Gasteiger partial charge in [-0.2, -0.15) is 0 Å². The van der Waals surface area contributed by atoms with Crippen molar-refractivity contribution >= 4 is 17.2 Å². The SMILES string of the molecule is COCCOc1cc(C)c2c(c1C)C[C@H](C(C)C(=O)NCc1cccs1)CC2. The van der Waals surface area contributed by atoms with Crippen LogP contribution < -0.4 is 10.1 Å². The van der Waals surface area contributed by atoms with Crippen LogP contribution in [0.2, 0.25) is 0 Å². The first-order chi connectivity index (χ1) is 13.5. The first-order valence-electron chi connectivity index (χ1n) is 10.0. The van der Waals surface area contributed by atoms with Gasteiger partial charge in [0.25, 0.3) is 0 Å². The zero-order valence-corrected chi connectivity index (χ0v) is 18.2. The minimum Gasteiger partial charge on any atom is -0.491 e. The predicted molar refractivity (Wildman–Crippen MR) is 114 cm³/mol. The van der Waals surface area contributed by atoms with E-state index in [1.165, 1.54) is 27.1 Å². The highest BCUT2D eigenvalue weighted by Crippen LogP contribution is 2.37. The smallest absolute Gasteiger partial charge is 0.223 e. The van der Waals surface area contributed by atoms with Gasteiger partial charge < -0.3 is 14.8 Å². The number of nitrogens with one attached hydrogen (secondary N) is 1. The lowest BCUT2D eigenvalue weighted by Crippen LogP contribution is -2.35. The average molecular weight is 402 g/mol. The predicted octanol–water partition coefficient (Wildman–Crippen LogP) is 4.45. The van der Waals surface area contributed by atoms with Gasteiger partial charge in [-0.25, -0.2) is 0 Å². The van der Waals surface area contributed by atoms with Crippen LogP contribution in [0.4, 0.5) is 0 Å². The Morgan fingerprint density at radius 1 is 1.32 bits per heavy atom. The second-order valence-corrected chi connectivity index (χ2v) is 8.74. The van der Waals surface area contributed by atoms with Crippen molar-refractivity contribution in [2.75, 3.05) is 20.3 Å². The van der Waals surface area contributed by atoms with Crippen LogP contribution in [0.5, 0.6) is 5.75 Å². The molecule has 0 spiro atoms. The molecular formula is C23H31NO3S. The lowest BCUT2D eigenvalue weighted by atomic mass is 9.74. The number of aryl methyl sites for hydroxylation is 1. The van der Waals surface area contributed by atoms with E-state index in [-0.39, 0.29) is 11.8 Å². The maximum atomic E-state index is 12.7. The van der Waals surface area contributed by atoms with Crippen molar-refractivity contribution < 1.29 is 14.3 Å². The van der Waals surface area contributed by atoms with E-state index in [1.54, 1.807) is 18.4 Å². The summed E-state index contributed by atoms with van der Waals surface area (Å²) in [5.41, 5.74) is 5.33. The van der Waals surface area contributed by atoms with Crippen molar-refractivity contribution in [3.63, 3.8) is 0 Å². The molecule has 1 unspecified atom stereocenters. The van der Waals surface area contributed by atoms with Crippen molar-refractivity contribution in [3.8, 4) is 5.75 Å². The number of methoxy groups -OCH3 is 1. The summed E-state index contributed by atoms with van der Waals surface area (Å²) in [6.07, 6.45) is 3.04. The maximum Gasteiger partial charge on any atom is 0.223 e. The van der Waals surface area contributed by atoms with Gasteiger partial charge in [0, 0.05) is 17.9 Å². The van der Waals surface area contributed by atoms with Gasteiger partial charge in [0.2, 0.25) is 5.91 Å². The molecule has 1 aromatic heterocycles.